The maximum Gasteiger partial charge on any atom is 0.241 e. The summed E-state index contributed by atoms with van der Waals surface area (Å²) in [6.45, 7) is 0.474. The molecule has 0 aromatic heterocycles. The average molecular weight is 334 g/mol. The second-order valence-corrected chi connectivity index (χ2v) is 7.04. The van der Waals surface area contributed by atoms with Gasteiger partial charge in [0.25, 0.3) is 0 Å². The minimum absolute atomic E-state index is 0.0475. The third-order valence-electron chi connectivity index (χ3n) is 5.60. The molecule has 0 aliphatic carbocycles. The minimum Gasteiger partial charge on any atom is -0.352 e. The number of ether oxygens (including phenoxy) is 1. The van der Waals surface area contributed by atoms with Crippen LogP contribution < -0.4 is 5.32 Å². The quantitative estimate of drug-likeness (QED) is 0.815. The molecule has 126 valence electrons. The van der Waals surface area contributed by atoms with Crippen LogP contribution in [0.4, 0.5) is 5.69 Å². The normalized spacial score (nSPS) is 30.3. The van der Waals surface area contributed by atoms with Gasteiger partial charge in [-0.2, -0.15) is 0 Å². The van der Waals surface area contributed by atoms with Crippen molar-refractivity contribution in [1.82, 2.24) is 4.90 Å². The van der Waals surface area contributed by atoms with Crippen molar-refractivity contribution >= 4 is 17.5 Å². The largest absolute Gasteiger partial charge is 0.352 e. The van der Waals surface area contributed by atoms with Gasteiger partial charge < -0.3 is 15.0 Å². The van der Waals surface area contributed by atoms with Gasteiger partial charge in [0.15, 0.2) is 6.23 Å². The van der Waals surface area contributed by atoms with Crippen LogP contribution in [-0.4, -0.2) is 29.4 Å². The number of nitrogens with one attached hydrogen (secondary N) is 1. The van der Waals surface area contributed by atoms with E-state index in [1.54, 1.807) is 4.90 Å². The van der Waals surface area contributed by atoms with Crippen molar-refractivity contribution in [2.75, 3.05) is 11.9 Å². The van der Waals surface area contributed by atoms with Crippen molar-refractivity contribution in [3.05, 3.63) is 65.7 Å². The van der Waals surface area contributed by atoms with Crippen molar-refractivity contribution in [2.45, 2.75) is 25.1 Å². The second kappa shape index (κ2) is 5.17. The highest BCUT2D eigenvalue weighted by Crippen LogP contribution is 2.49. The van der Waals surface area contributed by atoms with Crippen molar-refractivity contribution in [1.29, 1.82) is 0 Å². The summed E-state index contributed by atoms with van der Waals surface area (Å²) >= 11 is 0. The van der Waals surface area contributed by atoms with E-state index in [1.807, 2.05) is 54.6 Å². The molecular formula is C20H18N2O3. The fraction of sp³-hybridized carbons (Fsp3) is 0.300. The van der Waals surface area contributed by atoms with E-state index in [0.29, 0.717) is 19.4 Å². The highest BCUT2D eigenvalue weighted by Gasteiger charge is 2.61. The number of anilines is 1. The Morgan fingerprint density at radius 3 is 2.64 bits per heavy atom. The summed E-state index contributed by atoms with van der Waals surface area (Å²) in [6, 6.07) is 17.4. The number of hydrogen-bond donors (Lipinski definition) is 1. The molecule has 2 fully saturated rings. The van der Waals surface area contributed by atoms with Gasteiger partial charge in [0, 0.05) is 11.3 Å². The van der Waals surface area contributed by atoms with E-state index in [4.69, 9.17) is 4.74 Å². The molecule has 2 aromatic rings. The van der Waals surface area contributed by atoms with Gasteiger partial charge in [-0.15, -0.1) is 0 Å². The predicted octanol–water partition coefficient (Wildman–Crippen LogP) is 2.50. The monoisotopic (exact) mass is 334 g/mol. The third kappa shape index (κ3) is 1.99. The molecule has 3 heterocycles. The lowest BCUT2D eigenvalue weighted by molar-refractivity contribution is -0.148. The number of rotatable bonds is 1. The van der Waals surface area contributed by atoms with Crippen LogP contribution in [0.2, 0.25) is 0 Å². The molecule has 0 unspecified atom stereocenters. The number of nitrogens with zero attached hydrogens (tertiary/aromatic N) is 1. The van der Waals surface area contributed by atoms with Crippen LogP contribution in [0.15, 0.2) is 54.6 Å². The lowest BCUT2D eigenvalue weighted by atomic mass is 9.75. The maximum atomic E-state index is 13.4. The van der Waals surface area contributed by atoms with E-state index in [0.717, 1.165) is 16.8 Å². The number of carbonyl (C=O) groups excluding carboxylic acids is 2. The van der Waals surface area contributed by atoms with Gasteiger partial charge in [0.2, 0.25) is 11.8 Å². The Labute approximate surface area is 145 Å². The summed E-state index contributed by atoms with van der Waals surface area (Å²) in [6.07, 6.45) is 0.570. The Kier molecular flexibility index (Phi) is 3.03. The minimum atomic E-state index is -1.00. The molecule has 0 saturated carbocycles. The molecule has 5 nitrogen and oxygen atoms in total. The van der Waals surface area contributed by atoms with E-state index in [2.05, 4.69) is 5.32 Å². The van der Waals surface area contributed by atoms with E-state index < -0.39 is 11.6 Å². The first kappa shape index (κ1) is 14.7. The Hall–Kier alpha value is -2.66. The van der Waals surface area contributed by atoms with Crippen LogP contribution in [0.5, 0.6) is 0 Å². The van der Waals surface area contributed by atoms with Crippen LogP contribution in [-0.2, 0) is 20.7 Å². The van der Waals surface area contributed by atoms with Crippen molar-refractivity contribution in [2.24, 2.45) is 5.41 Å². The summed E-state index contributed by atoms with van der Waals surface area (Å²) in [7, 11) is 0. The van der Waals surface area contributed by atoms with Gasteiger partial charge >= 0.3 is 0 Å². The number of carbonyl (C=O) groups is 2. The first-order valence-corrected chi connectivity index (χ1v) is 8.58. The van der Waals surface area contributed by atoms with Crippen LogP contribution in [0.3, 0.4) is 0 Å². The van der Waals surface area contributed by atoms with Gasteiger partial charge in [-0.25, -0.2) is 0 Å². The first-order chi connectivity index (χ1) is 12.2. The van der Waals surface area contributed by atoms with Crippen LogP contribution in [0, 0.1) is 5.41 Å². The Morgan fingerprint density at radius 1 is 1.04 bits per heavy atom. The molecule has 2 saturated heterocycles. The topological polar surface area (TPSA) is 58.6 Å². The molecule has 5 rings (SSSR count). The van der Waals surface area contributed by atoms with Crippen LogP contribution in [0.1, 0.15) is 23.8 Å². The fourth-order valence-corrected chi connectivity index (χ4v) is 4.38. The summed E-state index contributed by atoms with van der Waals surface area (Å²) in [5, 5.41) is 2.94. The van der Waals surface area contributed by atoms with Gasteiger partial charge in [-0.05, 0) is 24.5 Å². The Bertz CT molecular complexity index is 866. The van der Waals surface area contributed by atoms with Crippen LogP contribution in [0.25, 0.3) is 0 Å². The van der Waals surface area contributed by atoms with E-state index in [9.17, 15) is 9.59 Å². The van der Waals surface area contributed by atoms with Crippen LogP contribution >= 0.6 is 0 Å². The summed E-state index contributed by atoms with van der Waals surface area (Å²) in [5.74, 6) is -0.298. The highest BCUT2D eigenvalue weighted by molar-refractivity contribution is 6.14. The molecule has 3 aliphatic rings. The smallest absolute Gasteiger partial charge is 0.241 e. The zero-order valence-corrected chi connectivity index (χ0v) is 13.6. The molecule has 2 amide bonds. The first-order valence-electron chi connectivity index (χ1n) is 8.58. The number of fused-ring (bicyclic) bond motifs is 2. The molecule has 3 atom stereocenters. The zero-order chi connectivity index (χ0) is 17.0. The van der Waals surface area contributed by atoms with Crippen molar-refractivity contribution < 1.29 is 14.3 Å². The molecule has 5 heteroatoms. The average Bonchev–Trinajstić information content (AvgIpc) is 3.16. The number of hydrogen-bond acceptors (Lipinski definition) is 3. The standard InChI is InChI=1S/C20H18N2O3/c23-18-20(10-14-8-4-5-9-16(14)21-18)11-15-12-25-17(22(15)19(20)24)13-6-2-1-3-7-13/h1-9,15,17H,10-12H2,(H,21,23)/t15-,17+,20+/m0/s1. The maximum absolute atomic E-state index is 13.4. The molecule has 1 N–H and O–H groups in total. The Morgan fingerprint density at radius 2 is 1.80 bits per heavy atom. The SMILES string of the molecule is O=C1Nc2ccccc2C[C@@]12C[C@H]1CO[C@H](c3ccccc3)N1C2=O. The van der Waals surface area contributed by atoms with Crippen molar-refractivity contribution in [3.63, 3.8) is 0 Å². The predicted molar refractivity (Wildman–Crippen MR) is 91.6 cm³/mol. The van der Waals surface area contributed by atoms with Gasteiger partial charge in [-0.3, -0.25) is 9.59 Å². The van der Waals surface area contributed by atoms with Gasteiger partial charge in [-0.1, -0.05) is 48.5 Å². The van der Waals surface area contributed by atoms with E-state index in [1.165, 1.54) is 0 Å². The zero-order valence-electron chi connectivity index (χ0n) is 13.6. The molecular weight excluding hydrogens is 316 g/mol. The van der Waals surface area contributed by atoms with Gasteiger partial charge in [0.1, 0.15) is 5.41 Å². The third-order valence-corrected chi connectivity index (χ3v) is 5.60. The summed E-state index contributed by atoms with van der Waals surface area (Å²) in [4.78, 5) is 28.0. The molecule has 1 spiro atoms. The lowest BCUT2D eigenvalue weighted by Crippen LogP contribution is -2.48. The summed E-state index contributed by atoms with van der Waals surface area (Å²) < 4.78 is 5.89. The Balaban J connectivity index is 1.52. The number of amides is 2. The molecule has 25 heavy (non-hydrogen) atoms. The fourth-order valence-electron chi connectivity index (χ4n) is 4.38. The highest BCUT2D eigenvalue weighted by atomic mass is 16.5. The summed E-state index contributed by atoms with van der Waals surface area (Å²) in [5.41, 5.74) is 1.78. The second-order valence-electron chi connectivity index (χ2n) is 7.04. The molecule has 0 radical (unpaired) electrons. The number of benzene rings is 2. The van der Waals surface area contributed by atoms with Crippen molar-refractivity contribution in [3.8, 4) is 0 Å². The molecule has 0 bridgehead atoms. The van der Waals surface area contributed by atoms with E-state index in [-0.39, 0.29) is 17.9 Å². The lowest BCUT2D eigenvalue weighted by Gasteiger charge is -2.33. The molecule has 2 aromatic carbocycles. The number of para-hydroxylation sites is 1. The van der Waals surface area contributed by atoms with E-state index >= 15 is 0 Å². The van der Waals surface area contributed by atoms with Gasteiger partial charge in [0.05, 0.1) is 12.6 Å². The molecule has 3 aliphatic heterocycles.